The number of benzene rings is 2. The molecule has 0 saturated carbocycles. The minimum atomic E-state index is 0.738. The molecule has 0 radical (unpaired) electrons. The fourth-order valence-corrected chi connectivity index (χ4v) is 3.33. The molecule has 4 nitrogen and oxygen atoms in total. The van der Waals surface area contributed by atoms with Crippen molar-refractivity contribution in [1.29, 1.82) is 5.26 Å². The standard InChI is InChI=1S/C20H23N3O/c1-24-20-8-6-19(7-9-20)16-23-12-10-22(11-13-23)15-18-4-2-17(14-21)3-5-18/h2-9H,10-13,15-16H2,1H3/p+2. The highest BCUT2D eigenvalue weighted by molar-refractivity contribution is 5.31. The van der Waals surface area contributed by atoms with Crippen molar-refractivity contribution in [2.45, 2.75) is 13.1 Å². The number of nitriles is 1. The Labute approximate surface area is 143 Å². The first-order valence-corrected chi connectivity index (χ1v) is 8.56. The van der Waals surface area contributed by atoms with E-state index in [0.717, 1.165) is 24.4 Å². The van der Waals surface area contributed by atoms with Crippen LogP contribution in [-0.2, 0) is 13.1 Å². The predicted molar refractivity (Wildman–Crippen MR) is 93.0 cm³/mol. The minimum absolute atomic E-state index is 0.738. The molecule has 2 aromatic carbocycles. The van der Waals surface area contributed by atoms with Gasteiger partial charge in [-0.15, -0.1) is 0 Å². The summed E-state index contributed by atoms with van der Waals surface area (Å²) in [5.74, 6) is 0.922. The summed E-state index contributed by atoms with van der Waals surface area (Å²) < 4.78 is 5.22. The van der Waals surface area contributed by atoms with Crippen molar-refractivity contribution < 1.29 is 14.5 Å². The Kier molecular flexibility index (Phi) is 5.47. The van der Waals surface area contributed by atoms with Crippen molar-refractivity contribution in [3.63, 3.8) is 0 Å². The molecule has 0 spiro atoms. The quantitative estimate of drug-likeness (QED) is 0.816. The average molecular weight is 323 g/mol. The second kappa shape index (κ2) is 7.96. The van der Waals surface area contributed by atoms with Crippen LogP contribution in [0.3, 0.4) is 0 Å². The normalized spacial score (nSPS) is 20.3. The molecule has 2 aromatic rings. The minimum Gasteiger partial charge on any atom is -0.497 e. The molecule has 24 heavy (non-hydrogen) atoms. The number of hydrogen-bond donors (Lipinski definition) is 2. The number of nitrogens with one attached hydrogen (secondary N) is 2. The van der Waals surface area contributed by atoms with Gasteiger partial charge in [-0.1, -0.05) is 12.1 Å². The van der Waals surface area contributed by atoms with E-state index in [9.17, 15) is 0 Å². The third-order valence-electron chi connectivity index (χ3n) is 4.81. The van der Waals surface area contributed by atoms with Crippen molar-refractivity contribution >= 4 is 0 Å². The lowest BCUT2D eigenvalue weighted by atomic mass is 10.1. The Balaban J connectivity index is 1.47. The van der Waals surface area contributed by atoms with Crippen LogP contribution in [0.4, 0.5) is 0 Å². The van der Waals surface area contributed by atoms with E-state index in [0.29, 0.717) is 0 Å². The first-order chi connectivity index (χ1) is 11.8. The van der Waals surface area contributed by atoms with Crippen LogP contribution >= 0.6 is 0 Å². The SMILES string of the molecule is COc1ccc(C[NH+]2CC[NH+](Cc3ccc(C#N)cc3)CC2)cc1. The Morgan fingerprint density at radius 1 is 0.833 bits per heavy atom. The van der Waals surface area contributed by atoms with Gasteiger partial charge in [-0.2, -0.15) is 5.26 Å². The zero-order valence-electron chi connectivity index (χ0n) is 14.2. The van der Waals surface area contributed by atoms with E-state index in [1.54, 1.807) is 16.9 Å². The summed E-state index contributed by atoms with van der Waals surface area (Å²) in [7, 11) is 1.70. The van der Waals surface area contributed by atoms with Crippen molar-refractivity contribution in [1.82, 2.24) is 0 Å². The van der Waals surface area contributed by atoms with E-state index in [4.69, 9.17) is 10.00 Å². The van der Waals surface area contributed by atoms with Crippen molar-refractivity contribution in [2.24, 2.45) is 0 Å². The highest BCUT2D eigenvalue weighted by Gasteiger charge is 2.23. The van der Waals surface area contributed by atoms with E-state index in [-0.39, 0.29) is 0 Å². The monoisotopic (exact) mass is 323 g/mol. The molecule has 124 valence electrons. The highest BCUT2D eigenvalue weighted by Crippen LogP contribution is 2.10. The van der Waals surface area contributed by atoms with Crippen LogP contribution in [0, 0.1) is 11.3 Å². The molecule has 1 saturated heterocycles. The van der Waals surface area contributed by atoms with Gasteiger partial charge in [0.1, 0.15) is 45.0 Å². The molecule has 1 heterocycles. The molecule has 2 N–H and O–H groups in total. The van der Waals surface area contributed by atoms with E-state index in [2.05, 4.69) is 30.3 Å². The summed E-state index contributed by atoms with van der Waals surface area (Å²) in [5, 5.41) is 8.86. The molecule has 1 aliphatic heterocycles. The van der Waals surface area contributed by atoms with E-state index < -0.39 is 0 Å². The summed E-state index contributed by atoms with van der Waals surface area (Å²) in [6.07, 6.45) is 0. The first kappa shape index (κ1) is 16.5. The maximum atomic E-state index is 8.86. The Bertz CT molecular complexity index is 680. The van der Waals surface area contributed by atoms with E-state index in [1.807, 2.05) is 24.3 Å². The van der Waals surface area contributed by atoms with Crippen LogP contribution in [0.2, 0.25) is 0 Å². The van der Waals surface area contributed by atoms with Crippen LogP contribution in [0.25, 0.3) is 0 Å². The molecular weight excluding hydrogens is 298 g/mol. The summed E-state index contributed by atoms with van der Waals surface area (Å²) in [4.78, 5) is 3.29. The fraction of sp³-hybridized carbons (Fsp3) is 0.350. The number of hydrogen-bond acceptors (Lipinski definition) is 2. The fourth-order valence-electron chi connectivity index (χ4n) is 3.33. The Morgan fingerprint density at radius 3 is 1.71 bits per heavy atom. The van der Waals surface area contributed by atoms with Crippen molar-refractivity contribution in [3.05, 3.63) is 65.2 Å². The summed E-state index contributed by atoms with van der Waals surface area (Å²) >= 11 is 0. The molecule has 3 rings (SSSR count). The lowest BCUT2D eigenvalue weighted by molar-refractivity contribution is -1.02. The Morgan fingerprint density at radius 2 is 1.29 bits per heavy atom. The number of nitrogens with zero attached hydrogens (tertiary/aromatic N) is 1. The number of ether oxygens (including phenoxy) is 1. The van der Waals surface area contributed by atoms with Gasteiger partial charge in [0.2, 0.25) is 0 Å². The zero-order chi connectivity index (χ0) is 16.8. The second-order valence-corrected chi connectivity index (χ2v) is 6.51. The van der Waals surface area contributed by atoms with Crippen LogP contribution in [0.15, 0.2) is 48.5 Å². The third-order valence-corrected chi connectivity index (χ3v) is 4.81. The lowest BCUT2D eigenvalue weighted by Crippen LogP contribution is -3.27. The van der Waals surface area contributed by atoms with Gasteiger partial charge in [0, 0.05) is 11.1 Å². The summed E-state index contributed by atoms with van der Waals surface area (Å²) in [6, 6.07) is 18.6. The van der Waals surface area contributed by atoms with Gasteiger partial charge < -0.3 is 14.5 Å². The number of rotatable bonds is 5. The molecule has 0 aromatic heterocycles. The van der Waals surface area contributed by atoms with Gasteiger partial charge in [-0.25, -0.2) is 0 Å². The molecule has 0 bridgehead atoms. The lowest BCUT2D eigenvalue weighted by Gasteiger charge is -2.29. The van der Waals surface area contributed by atoms with E-state index in [1.165, 1.54) is 37.3 Å². The number of quaternary nitrogens is 2. The molecule has 4 heteroatoms. The molecule has 0 amide bonds. The average Bonchev–Trinajstić information content (AvgIpc) is 2.65. The van der Waals surface area contributed by atoms with Crippen LogP contribution < -0.4 is 14.5 Å². The molecule has 0 aliphatic carbocycles. The maximum absolute atomic E-state index is 8.86. The van der Waals surface area contributed by atoms with Gasteiger partial charge in [0.15, 0.2) is 0 Å². The maximum Gasteiger partial charge on any atom is 0.127 e. The number of methoxy groups -OCH3 is 1. The van der Waals surface area contributed by atoms with Gasteiger partial charge in [-0.3, -0.25) is 0 Å². The van der Waals surface area contributed by atoms with Gasteiger partial charge in [-0.05, 0) is 36.4 Å². The topological polar surface area (TPSA) is 41.9 Å². The van der Waals surface area contributed by atoms with E-state index >= 15 is 0 Å². The summed E-state index contributed by atoms with van der Waals surface area (Å²) in [5.41, 5.74) is 3.44. The predicted octanol–water partition coefficient (Wildman–Crippen LogP) is 0.0505. The van der Waals surface area contributed by atoms with Gasteiger partial charge >= 0.3 is 0 Å². The molecule has 0 atom stereocenters. The van der Waals surface area contributed by atoms with Gasteiger partial charge in [0.25, 0.3) is 0 Å². The van der Waals surface area contributed by atoms with Crippen molar-refractivity contribution in [3.8, 4) is 11.8 Å². The second-order valence-electron chi connectivity index (χ2n) is 6.51. The molecule has 1 aliphatic rings. The smallest absolute Gasteiger partial charge is 0.127 e. The van der Waals surface area contributed by atoms with Crippen LogP contribution in [0.1, 0.15) is 16.7 Å². The van der Waals surface area contributed by atoms with Gasteiger partial charge in [0.05, 0.1) is 18.7 Å². The van der Waals surface area contributed by atoms with Crippen LogP contribution in [0.5, 0.6) is 5.75 Å². The zero-order valence-corrected chi connectivity index (χ0v) is 14.2. The van der Waals surface area contributed by atoms with Crippen molar-refractivity contribution in [2.75, 3.05) is 33.3 Å². The Hall–Kier alpha value is -2.35. The molecule has 0 unspecified atom stereocenters. The molecular formula is C20H25N3O+2. The van der Waals surface area contributed by atoms with Crippen LogP contribution in [-0.4, -0.2) is 33.3 Å². The third kappa shape index (κ3) is 4.35. The highest BCUT2D eigenvalue weighted by atomic mass is 16.5. The molecule has 1 fully saturated rings. The summed E-state index contributed by atoms with van der Waals surface area (Å²) in [6.45, 7) is 6.96. The number of piperazine rings is 1. The first-order valence-electron chi connectivity index (χ1n) is 8.56. The largest absolute Gasteiger partial charge is 0.497 e.